The van der Waals surface area contributed by atoms with E-state index in [1.807, 2.05) is 35.0 Å². The smallest absolute Gasteiger partial charge is 0.336 e. The zero-order chi connectivity index (χ0) is 19.6. The van der Waals surface area contributed by atoms with Gasteiger partial charge in [0.05, 0.1) is 37.6 Å². The summed E-state index contributed by atoms with van der Waals surface area (Å²) in [7, 11) is 2.65. The summed E-state index contributed by atoms with van der Waals surface area (Å²) in [5.41, 5.74) is 3.70. The van der Waals surface area contributed by atoms with Crippen LogP contribution in [-0.2, 0) is 19.1 Å². The second kappa shape index (κ2) is 7.49. The molecule has 1 aliphatic rings. The Balaban J connectivity index is 2.20. The quantitative estimate of drug-likeness (QED) is 0.836. The first kappa shape index (κ1) is 18.4. The number of aromatic nitrogens is 2. The van der Waals surface area contributed by atoms with Gasteiger partial charge in [-0.2, -0.15) is 0 Å². The van der Waals surface area contributed by atoms with Gasteiger partial charge in [0.1, 0.15) is 0 Å². The molecule has 1 aromatic heterocycles. The minimum absolute atomic E-state index is 0.381. The van der Waals surface area contributed by atoms with E-state index in [0.29, 0.717) is 22.5 Å². The van der Waals surface area contributed by atoms with Gasteiger partial charge in [-0.25, -0.2) is 14.6 Å². The van der Waals surface area contributed by atoms with Crippen LogP contribution in [0.3, 0.4) is 0 Å². The first-order chi connectivity index (χ1) is 13.0. The van der Waals surface area contributed by atoms with Gasteiger partial charge < -0.3 is 19.4 Å². The number of nitrogens with one attached hydrogen (secondary N) is 1. The van der Waals surface area contributed by atoms with E-state index in [0.717, 1.165) is 11.3 Å². The van der Waals surface area contributed by atoms with Gasteiger partial charge in [0.2, 0.25) is 0 Å². The summed E-state index contributed by atoms with van der Waals surface area (Å²) in [6.45, 7) is 3.58. The molecule has 0 spiro atoms. The number of imidazole rings is 1. The first-order valence-electron chi connectivity index (χ1n) is 8.41. The van der Waals surface area contributed by atoms with Crippen molar-refractivity contribution in [1.82, 2.24) is 14.9 Å². The zero-order valence-electron chi connectivity index (χ0n) is 15.6. The minimum atomic E-state index is -0.602. The summed E-state index contributed by atoms with van der Waals surface area (Å²) >= 11 is 0. The minimum Gasteiger partial charge on any atom is -0.466 e. The van der Waals surface area contributed by atoms with Gasteiger partial charge in [-0.3, -0.25) is 0 Å². The van der Waals surface area contributed by atoms with Crippen molar-refractivity contribution in [3.63, 3.8) is 0 Å². The summed E-state index contributed by atoms with van der Waals surface area (Å²) in [4.78, 5) is 29.1. The molecule has 27 heavy (non-hydrogen) atoms. The molecule has 0 unspecified atom stereocenters. The Morgan fingerprint density at radius 2 is 1.70 bits per heavy atom. The molecule has 0 saturated carbocycles. The summed E-state index contributed by atoms with van der Waals surface area (Å²) in [5.74, 6) is -1.59. The van der Waals surface area contributed by atoms with Crippen LogP contribution in [-0.4, -0.2) is 35.7 Å². The van der Waals surface area contributed by atoms with Crippen molar-refractivity contribution in [2.75, 3.05) is 14.2 Å². The molecule has 7 heteroatoms. The van der Waals surface area contributed by atoms with Gasteiger partial charge in [0, 0.05) is 29.5 Å². The second-order valence-corrected chi connectivity index (χ2v) is 6.18. The third kappa shape index (κ3) is 3.36. The molecule has 0 atom stereocenters. The number of methoxy groups -OCH3 is 2. The Morgan fingerprint density at radius 3 is 2.22 bits per heavy atom. The Bertz CT molecular complexity index is 904. The number of rotatable bonds is 4. The highest BCUT2D eigenvalue weighted by molar-refractivity contribution is 5.99. The lowest BCUT2D eigenvalue weighted by Crippen LogP contribution is -2.32. The normalized spacial score (nSPS) is 14.8. The molecule has 140 valence electrons. The van der Waals surface area contributed by atoms with Crippen molar-refractivity contribution in [1.29, 1.82) is 0 Å². The number of ether oxygens (including phenoxy) is 2. The second-order valence-electron chi connectivity index (χ2n) is 6.18. The van der Waals surface area contributed by atoms with Crippen molar-refractivity contribution in [3.8, 4) is 5.69 Å². The maximum Gasteiger partial charge on any atom is 0.336 e. The van der Waals surface area contributed by atoms with E-state index in [-0.39, 0.29) is 0 Å². The van der Waals surface area contributed by atoms with Crippen LogP contribution in [0.15, 0.2) is 65.5 Å². The fourth-order valence-electron chi connectivity index (χ4n) is 3.37. The van der Waals surface area contributed by atoms with Crippen molar-refractivity contribution in [2.24, 2.45) is 0 Å². The zero-order valence-corrected chi connectivity index (χ0v) is 15.6. The molecule has 1 aliphatic heterocycles. The molecule has 1 aromatic carbocycles. The predicted molar refractivity (Wildman–Crippen MR) is 98.9 cm³/mol. The topological polar surface area (TPSA) is 82.5 Å². The SMILES string of the molecule is COC(=O)C1=C(C)NC(C)=C(C(=O)OC)C1c1cccc(-n2ccnc2)c1. The Kier molecular flexibility index (Phi) is 5.12. The number of dihydropyridines is 1. The lowest BCUT2D eigenvalue weighted by molar-refractivity contribution is -0.137. The van der Waals surface area contributed by atoms with Crippen molar-refractivity contribution in [3.05, 3.63) is 71.1 Å². The highest BCUT2D eigenvalue weighted by atomic mass is 16.5. The number of allylic oxidation sites excluding steroid dienone is 2. The largest absolute Gasteiger partial charge is 0.466 e. The number of hydrogen-bond donors (Lipinski definition) is 1. The van der Waals surface area contributed by atoms with Crippen LogP contribution >= 0.6 is 0 Å². The molecule has 3 rings (SSSR count). The van der Waals surface area contributed by atoms with Crippen LogP contribution in [0.4, 0.5) is 0 Å². The lowest BCUT2D eigenvalue weighted by atomic mass is 9.80. The third-order valence-corrected chi connectivity index (χ3v) is 4.58. The number of nitrogens with zero attached hydrogens (tertiary/aromatic N) is 2. The highest BCUT2D eigenvalue weighted by Crippen LogP contribution is 2.39. The Labute approximate surface area is 157 Å². The Hall–Kier alpha value is -3.35. The number of hydrogen-bond acceptors (Lipinski definition) is 6. The number of esters is 2. The molecule has 0 saturated heterocycles. The van der Waals surface area contributed by atoms with Crippen molar-refractivity contribution >= 4 is 11.9 Å². The molecule has 0 fully saturated rings. The van der Waals surface area contributed by atoms with Crippen molar-refractivity contribution < 1.29 is 19.1 Å². The third-order valence-electron chi connectivity index (χ3n) is 4.58. The molecule has 0 amide bonds. The summed E-state index contributed by atoms with van der Waals surface area (Å²) in [5, 5.41) is 3.09. The average Bonchev–Trinajstić information content (AvgIpc) is 3.21. The molecule has 7 nitrogen and oxygen atoms in total. The number of carbonyl (C=O) groups excluding carboxylic acids is 2. The van der Waals surface area contributed by atoms with Crippen LogP contribution in [0.25, 0.3) is 5.69 Å². The van der Waals surface area contributed by atoms with Crippen LogP contribution in [0.1, 0.15) is 25.3 Å². The van der Waals surface area contributed by atoms with E-state index in [9.17, 15) is 9.59 Å². The van der Waals surface area contributed by atoms with E-state index < -0.39 is 17.9 Å². The van der Waals surface area contributed by atoms with Gasteiger partial charge in [-0.05, 0) is 31.5 Å². The predicted octanol–water partition coefficient (Wildman–Crippen LogP) is 2.45. The molecule has 1 N–H and O–H groups in total. The molecule has 0 aliphatic carbocycles. The van der Waals surface area contributed by atoms with Gasteiger partial charge in [-0.15, -0.1) is 0 Å². The van der Waals surface area contributed by atoms with Crippen molar-refractivity contribution in [2.45, 2.75) is 19.8 Å². The fourth-order valence-corrected chi connectivity index (χ4v) is 3.37. The van der Waals surface area contributed by atoms with E-state index in [1.54, 1.807) is 26.4 Å². The van der Waals surface area contributed by atoms with Crippen LogP contribution < -0.4 is 5.32 Å². The van der Waals surface area contributed by atoms with Gasteiger partial charge in [-0.1, -0.05) is 12.1 Å². The average molecular weight is 367 g/mol. The van der Waals surface area contributed by atoms with Crippen LogP contribution in [0, 0.1) is 0 Å². The van der Waals surface area contributed by atoms with E-state index in [1.165, 1.54) is 14.2 Å². The molecule has 2 aromatic rings. The fraction of sp³-hybridized carbons (Fsp3) is 0.250. The summed E-state index contributed by atoms with van der Waals surface area (Å²) < 4.78 is 11.8. The molecule has 0 radical (unpaired) electrons. The van der Waals surface area contributed by atoms with Crippen LogP contribution in [0.5, 0.6) is 0 Å². The van der Waals surface area contributed by atoms with Crippen LogP contribution in [0.2, 0.25) is 0 Å². The highest BCUT2D eigenvalue weighted by Gasteiger charge is 2.37. The van der Waals surface area contributed by atoms with Gasteiger partial charge >= 0.3 is 11.9 Å². The number of benzene rings is 1. The van der Waals surface area contributed by atoms with Gasteiger partial charge in [0.15, 0.2) is 0 Å². The van der Waals surface area contributed by atoms with E-state index in [4.69, 9.17) is 9.47 Å². The maximum atomic E-state index is 12.5. The standard InChI is InChI=1S/C20H21N3O4/c1-12-16(19(24)26-3)18(17(13(2)22-12)20(25)27-4)14-6-5-7-15(10-14)23-9-8-21-11-23/h5-11,18,22H,1-4H3. The molecule has 2 heterocycles. The summed E-state index contributed by atoms with van der Waals surface area (Å²) in [6.07, 6.45) is 5.20. The Morgan fingerprint density at radius 1 is 1.07 bits per heavy atom. The molecule has 0 bridgehead atoms. The first-order valence-corrected chi connectivity index (χ1v) is 8.41. The monoisotopic (exact) mass is 367 g/mol. The van der Waals surface area contributed by atoms with E-state index in [2.05, 4.69) is 10.3 Å². The van der Waals surface area contributed by atoms with E-state index >= 15 is 0 Å². The number of carbonyl (C=O) groups is 2. The summed E-state index contributed by atoms with van der Waals surface area (Å²) in [6, 6.07) is 7.60. The van der Waals surface area contributed by atoms with Gasteiger partial charge in [0.25, 0.3) is 0 Å². The lowest BCUT2D eigenvalue weighted by Gasteiger charge is -2.30. The maximum absolute atomic E-state index is 12.5. The molecular formula is C20H21N3O4. The molecular weight excluding hydrogens is 346 g/mol.